The lowest BCUT2D eigenvalue weighted by Gasteiger charge is -2.09. The van der Waals surface area contributed by atoms with Crippen LogP contribution in [0.5, 0.6) is 0 Å². The highest BCUT2D eigenvalue weighted by atomic mass is 16.3. The molecule has 0 bridgehead atoms. The highest BCUT2D eigenvalue weighted by Gasteiger charge is 2.04. The summed E-state index contributed by atoms with van der Waals surface area (Å²) in [4.78, 5) is 4.39. The van der Waals surface area contributed by atoms with E-state index in [-0.39, 0.29) is 0 Å². The fourth-order valence-electron chi connectivity index (χ4n) is 2.11. The van der Waals surface area contributed by atoms with E-state index in [0.29, 0.717) is 0 Å². The average Bonchev–Trinajstić information content (AvgIpc) is 2.95. The lowest BCUT2D eigenvalue weighted by molar-refractivity contribution is 0.513. The molecule has 0 fully saturated rings. The van der Waals surface area contributed by atoms with Crippen LogP contribution >= 0.6 is 0 Å². The van der Waals surface area contributed by atoms with E-state index >= 15 is 0 Å². The second-order valence-corrected chi connectivity index (χ2v) is 4.36. The number of nitrogens with one attached hydrogen (secondary N) is 1. The second kappa shape index (κ2) is 5.02. The Morgan fingerprint density at radius 3 is 2.95 bits per heavy atom. The summed E-state index contributed by atoms with van der Waals surface area (Å²) in [6.07, 6.45) is 4.31. The van der Waals surface area contributed by atoms with Crippen molar-refractivity contribution in [3.8, 4) is 0 Å². The van der Waals surface area contributed by atoms with Gasteiger partial charge in [-0.2, -0.15) is 0 Å². The summed E-state index contributed by atoms with van der Waals surface area (Å²) in [7, 11) is 0. The zero-order chi connectivity index (χ0) is 13.1. The van der Waals surface area contributed by atoms with E-state index in [0.717, 1.165) is 41.0 Å². The average molecular weight is 253 g/mol. The van der Waals surface area contributed by atoms with E-state index in [4.69, 9.17) is 10.2 Å². The molecule has 3 aromatic rings. The van der Waals surface area contributed by atoms with Crippen molar-refractivity contribution < 1.29 is 4.42 Å². The molecule has 0 spiro atoms. The number of benzene rings is 1. The first-order valence-electron chi connectivity index (χ1n) is 6.24. The number of hydrogen-bond acceptors (Lipinski definition) is 4. The first-order valence-corrected chi connectivity index (χ1v) is 6.24. The van der Waals surface area contributed by atoms with Gasteiger partial charge in [-0.15, -0.1) is 0 Å². The number of nitrogens with zero attached hydrogens (tertiary/aromatic N) is 1. The minimum absolute atomic E-state index is 0.750. The molecule has 2 aromatic heterocycles. The van der Waals surface area contributed by atoms with Crippen LogP contribution in [0.2, 0.25) is 0 Å². The Morgan fingerprint density at radius 1 is 1.16 bits per heavy atom. The first-order chi connectivity index (χ1) is 9.34. The van der Waals surface area contributed by atoms with Crippen molar-refractivity contribution in [2.75, 3.05) is 17.6 Å². The Labute approximate surface area is 111 Å². The van der Waals surface area contributed by atoms with Crippen LogP contribution in [0.25, 0.3) is 10.9 Å². The minimum Gasteiger partial charge on any atom is -0.469 e. The molecule has 0 aliphatic heterocycles. The van der Waals surface area contributed by atoms with Gasteiger partial charge in [-0.3, -0.25) is 4.98 Å². The van der Waals surface area contributed by atoms with Crippen LogP contribution in [0.1, 0.15) is 5.76 Å². The number of hydrogen-bond donors (Lipinski definition) is 2. The summed E-state index contributed by atoms with van der Waals surface area (Å²) in [5.41, 5.74) is 8.60. The Hall–Kier alpha value is -2.49. The summed E-state index contributed by atoms with van der Waals surface area (Å²) in [5.74, 6) is 0.972. The number of nitrogen functional groups attached to an aromatic ring is 1. The van der Waals surface area contributed by atoms with Crippen LogP contribution in [-0.4, -0.2) is 11.5 Å². The van der Waals surface area contributed by atoms with Gasteiger partial charge in [0.1, 0.15) is 5.76 Å². The van der Waals surface area contributed by atoms with E-state index in [1.807, 2.05) is 36.4 Å². The number of pyridine rings is 1. The predicted molar refractivity (Wildman–Crippen MR) is 77.1 cm³/mol. The monoisotopic (exact) mass is 253 g/mol. The number of fused-ring (bicyclic) bond motifs is 1. The standard InChI is InChI=1S/C15H15N3O/c16-13-5-6-14(15-12(13)4-1-8-18-15)17-9-7-11-3-2-10-19-11/h1-6,8,10,17H,7,9,16H2. The third-order valence-electron chi connectivity index (χ3n) is 3.07. The molecule has 4 nitrogen and oxygen atoms in total. The summed E-state index contributed by atoms with van der Waals surface area (Å²) in [6.45, 7) is 0.795. The fourth-order valence-corrected chi connectivity index (χ4v) is 2.11. The number of nitrogens with two attached hydrogens (primary N) is 1. The van der Waals surface area contributed by atoms with Gasteiger partial charge in [0.05, 0.1) is 17.5 Å². The third-order valence-corrected chi connectivity index (χ3v) is 3.07. The van der Waals surface area contributed by atoms with Crippen molar-refractivity contribution in [3.63, 3.8) is 0 Å². The second-order valence-electron chi connectivity index (χ2n) is 4.36. The van der Waals surface area contributed by atoms with Gasteiger partial charge in [0.25, 0.3) is 0 Å². The van der Waals surface area contributed by atoms with Crippen LogP contribution in [-0.2, 0) is 6.42 Å². The van der Waals surface area contributed by atoms with Crippen LogP contribution in [0.3, 0.4) is 0 Å². The fraction of sp³-hybridized carbons (Fsp3) is 0.133. The molecule has 3 rings (SSSR count). The van der Waals surface area contributed by atoms with Crippen LogP contribution in [0.15, 0.2) is 53.3 Å². The van der Waals surface area contributed by atoms with Gasteiger partial charge in [-0.05, 0) is 36.4 Å². The van der Waals surface area contributed by atoms with Crippen molar-refractivity contribution in [2.24, 2.45) is 0 Å². The van der Waals surface area contributed by atoms with E-state index < -0.39 is 0 Å². The molecule has 4 heteroatoms. The molecule has 3 N–H and O–H groups in total. The zero-order valence-corrected chi connectivity index (χ0v) is 10.5. The van der Waals surface area contributed by atoms with Crippen LogP contribution in [0, 0.1) is 0 Å². The van der Waals surface area contributed by atoms with Crippen LogP contribution < -0.4 is 11.1 Å². The summed E-state index contributed by atoms with van der Waals surface area (Å²) >= 11 is 0. The normalized spacial score (nSPS) is 10.7. The zero-order valence-electron chi connectivity index (χ0n) is 10.5. The maximum absolute atomic E-state index is 5.95. The molecule has 0 atom stereocenters. The quantitative estimate of drug-likeness (QED) is 0.701. The molecule has 2 heterocycles. The summed E-state index contributed by atoms with van der Waals surface area (Å²) in [5, 5.41) is 4.35. The Bertz CT molecular complexity index is 677. The van der Waals surface area contributed by atoms with Crippen molar-refractivity contribution in [1.29, 1.82) is 0 Å². The Kier molecular flexibility index (Phi) is 3.06. The Balaban J connectivity index is 1.79. The molecule has 0 unspecified atom stereocenters. The maximum Gasteiger partial charge on any atom is 0.105 e. The Morgan fingerprint density at radius 2 is 2.11 bits per heavy atom. The first kappa shape index (κ1) is 11.6. The van der Waals surface area contributed by atoms with Gasteiger partial charge in [-0.25, -0.2) is 0 Å². The number of furan rings is 1. The lowest BCUT2D eigenvalue weighted by Crippen LogP contribution is -2.05. The van der Waals surface area contributed by atoms with E-state index in [1.54, 1.807) is 12.5 Å². The lowest BCUT2D eigenvalue weighted by atomic mass is 10.1. The number of rotatable bonds is 4. The highest BCUT2D eigenvalue weighted by molar-refractivity contribution is 5.98. The van der Waals surface area contributed by atoms with E-state index in [2.05, 4.69) is 10.3 Å². The SMILES string of the molecule is Nc1ccc(NCCc2ccco2)c2ncccc12. The number of aromatic nitrogens is 1. The highest BCUT2D eigenvalue weighted by Crippen LogP contribution is 2.26. The molecule has 0 amide bonds. The van der Waals surface area contributed by atoms with Crippen LogP contribution in [0.4, 0.5) is 11.4 Å². The molecule has 0 saturated heterocycles. The predicted octanol–water partition coefficient (Wildman–Crippen LogP) is 3.06. The van der Waals surface area contributed by atoms with Gasteiger partial charge in [0, 0.05) is 30.2 Å². The van der Waals surface area contributed by atoms with E-state index in [1.165, 1.54) is 0 Å². The van der Waals surface area contributed by atoms with Crippen molar-refractivity contribution in [1.82, 2.24) is 4.98 Å². The summed E-state index contributed by atoms with van der Waals surface area (Å²) in [6, 6.07) is 11.6. The topological polar surface area (TPSA) is 64.1 Å². The van der Waals surface area contributed by atoms with Gasteiger partial charge < -0.3 is 15.5 Å². The molecular weight excluding hydrogens is 238 g/mol. The molecule has 0 saturated carbocycles. The van der Waals surface area contributed by atoms with Gasteiger partial charge in [-0.1, -0.05) is 0 Å². The number of anilines is 2. The van der Waals surface area contributed by atoms with Crippen molar-refractivity contribution in [3.05, 3.63) is 54.6 Å². The molecule has 1 aromatic carbocycles. The maximum atomic E-state index is 5.95. The minimum atomic E-state index is 0.750. The summed E-state index contributed by atoms with van der Waals surface area (Å²) < 4.78 is 5.30. The smallest absolute Gasteiger partial charge is 0.105 e. The van der Waals surface area contributed by atoms with Crippen molar-refractivity contribution >= 4 is 22.3 Å². The molecule has 0 radical (unpaired) electrons. The van der Waals surface area contributed by atoms with E-state index in [9.17, 15) is 0 Å². The molecule has 96 valence electrons. The molecule has 0 aliphatic carbocycles. The largest absolute Gasteiger partial charge is 0.469 e. The molecular formula is C15H15N3O. The van der Waals surface area contributed by atoms with Gasteiger partial charge in [0.2, 0.25) is 0 Å². The van der Waals surface area contributed by atoms with Crippen molar-refractivity contribution in [2.45, 2.75) is 6.42 Å². The molecule has 19 heavy (non-hydrogen) atoms. The molecule has 0 aliphatic rings. The third kappa shape index (κ3) is 2.38. The van der Waals surface area contributed by atoms with Gasteiger partial charge in [0.15, 0.2) is 0 Å². The van der Waals surface area contributed by atoms with Gasteiger partial charge >= 0.3 is 0 Å².